The molecule has 1 aliphatic heterocycles. The molecule has 0 N–H and O–H groups in total. The summed E-state index contributed by atoms with van der Waals surface area (Å²) in [7, 11) is 0. The van der Waals surface area contributed by atoms with Crippen LogP contribution in [0.5, 0.6) is 5.75 Å². The first-order chi connectivity index (χ1) is 11.0. The largest absolute Gasteiger partial charge is 0.484 e. The van der Waals surface area contributed by atoms with E-state index >= 15 is 0 Å². The summed E-state index contributed by atoms with van der Waals surface area (Å²) in [6.45, 7) is 8.55. The van der Waals surface area contributed by atoms with Crippen molar-refractivity contribution in [1.29, 1.82) is 0 Å². The maximum absolute atomic E-state index is 6.52. The van der Waals surface area contributed by atoms with Crippen LogP contribution in [0.2, 0.25) is 0 Å². The molecule has 23 heavy (non-hydrogen) atoms. The van der Waals surface area contributed by atoms with Gasteiger partial charge in [0.2, 0.25) is 0 Å². The number of fused-ring (bicyclic) bond motifs is 3. The van der Waals surface area contributed by atoms with E-state index in [1.165, 1.54) is 27.8 Å². The average molecular weight is 369 g/mol. The minimum atomic E-state index is 0.117. The van der Waals surface area contributed by atoms with Crippen molar-refractivity contribution in [2.75, 3.05) is 0 Å². The summed E-state index contributed by atoms with van der Waals surface area (Å²) in [5.41, 5.74) is 6.55. The van der Waals surface area contributed by atoms with Crippen molar-refractivity contribution in [2.24, 2.45) is 5.92 Å². The molecule has 0 unspecified atom stereocenters. The second-order valence-electron chi connectivity index (χ2n) is 7.04. The molecular weight excluding hydrogens is 348 g/mol. The third kappa shape index (κ3) is 2.53. The fourth-order valence-corrected chi connectivity index (χ4v) is 4.80. The maximum atomic E-state index is 6.52. The lowest BCUT2D eigenvalue weighted by atomic mass is 9.79. The van der Waals surface area contributed by atoms with Crippen LogP contribution in [0.3, 0.4) is 0 Å². The third-order valence-corrected chi connectivity index (χ3v) is 5.79. The fraction of sp³-hybridized carbons (Fsp3) is 0.333. The molecule has 118 valence electrons. The Hall–Kier alpha value is -1.54. The van der Waals surface area contributed by atoms with Gasteiger partial charge in [0.1, 0.15) is 11.9 Å². The summed E-state index contributed by atoms with van der Waals surface area (Å²) in [4.78, 5) is 0. The van der Waals surface area contributed by atoms with Crippen molar-refractivity contribution < 1.29 is 4.74 Å². The Morgan fingerprint density at radius 3 is 2.52 bits per heavy atom. The van der Waals surface area contributed by atoms with Gasteiger partial charge in [-0.3, -0.25) is 0 Å². The molecule has 3 atom stereocenters. The predicted octanol–water partition coefficient (Wildman–Crippen LogP) is 6.25. The van der Waals surface area contributed by atoms with Crippen LogP contribution in [0.15, 0.2) is 53.0 Å². The Morgan fingerprint density at radius 2 is 1.78 bits per heavy atom. The van der Waals surface area contributed by atoms with Crippen LogP contribution in [-0.4, -0.2) is 0 Å². The van der Waals surface area contributed by atoms with Gasteiger partial charge in [0.05, 0.1) is 4.47 Å². The number of hydrogen-bond donors (Lipinski definition) is 0. The second kappa shape index (κ2) is 5.52. The van der Waals surface area contributed by atoms with Gasteiger partial charge < -0.3 is 4.74 Å². The number of aryl methyl sites for hydroxylation is 2. The van der Waals surface area contributed by atoms with Gasteiger partial charge in [0.25, 0.3) is 0 Å². The second-order valence-corrected chi connectivity index (χ2v) is 7.90. The average Bonchev–Trinajstić information content (AvgIpc) is 2.89. The highest BCUT2D eigenvalue weighted by Crippen LogP contribution is 2.56. The van der Waals surface area contributed by atoms with Crippen LogP contribution in [-0.2, 0) is 0 Å². The molecule has 1 saturated carbocycles. The van der Waals surface area contributed by atoms with E-state index in [1.807, 2.05) is 0 Å². The SMILES string of the molecule is C=C1C[C@@H]2[C@H](C1)c1cc(C)cc(Br)c1O[C@@H]2c1ccc(C)cc1. The summed E-state index contributed by atoms with van der Waals surface area (Å²) >= 11 is 3.71. The Labute approximate surface area is 146 Å². The quantitative estimate of drug-likeness (QED) is 0.540. The molecule has 0 saturated heterocycles. The number of benzene rings is 2. The summed E-state index contributed by atoms with van der Waals surface area (Å²) < 4.78 is 7.59. The van der Waals surface area contributed by atoms with E-state index < -0.39 is 0 Å². The standard InChI is InChI=1S/C21H21BrO/c1-12-4-6-15(7-5-12)20-17-9-13(2)8-16(17)18-10-14(3)11-19(22)21(18)23-20/h4-7,10-11,16-17,20H,2,8-9H2,1,3H3/t16-,17+,20+/m0/s1. The zero-order chi connectivity index (χ0) is 16.1. The van der Waals surface area contributed by atoms with Crippen LogP contribution in [0, 0.1) is 19.8 Å². The first-order valence-electron chi connectivity index (χ1n) is 8.23. The van der Waals surface area contributed by atoms with Gasteiger partial charge in [0, 0.05) is 5.92 Å². The van der Waals surface area contributed by atoms with E-state index in [2.05, 4.69) is 72.8 Å². The van der Waals surface area contributed by atoms with Crippen molar-refractivity contribution >= 4 is 15.9 Å². The van der Waals surface area contributed by atoms with Gasteiger partial charge in [-0.05, 0) is 71.3 Å². The first kappa shape index (κ1) is 15.0. The van der Waals surface area contributed by atoms with Gasteiger partial charge >= 0.3 is 0 Å². The molecule has 0 aromatic heterocycles. The first-order valence-corrected chi connectivity index (χ1v) is 9.02. The number of ether oxygens (including phenoxy) is 1. The van der Waals surface area contributed by atoms with Crippen molar-refractivity contribution in [2.45, 2.75) is 38.7 Å². The van der Waals surface area contributed by atoms with Crippen LogP contribution in [0.25, 0.3) is 0 Å². The van der Waals surface area contributed by atoms with E-state index in [0.717, 1.165) is 23.1 Å². The molecule has 2 aliphatic rings. The molecule has 4 rings (SSSR count). The molecule has 0 bridgehead atoms. The maximum Gasteiger partial charge on any atom is 0.137 e. The predicted molar refractivity (Wildman–Crippen MR) is 98.0 cm³/mol. The molecule has 1 aliphatic carbocycles. The Balaban J connectivity index is 1.83. The molecule has 0 amide bonds. The van der Waals surface area contributed by atoms with E-state index in [-0.39, 0.29) is 6.10 Å². The molecule has 0 spiro atoms. The van der Waals surface area contributed by atoms with Crippen LogP contribution in [0.4, 0.5) is 0 Å². The highest BCUT2D eigenvalue weighted by Gasteiger charge is 2.43. The van der Waals surface area contributed by atoms with Crippen LogP contribution in [0.1, 0.15) is 47.1 Å². The molecule has 1 nitrogen and oxygen atoms in total. The van der Waals surface area contributed by atoms with Crippen molar-refractivity contribution in [3.63, 3.8) is 0 Å². The smallest absolute Gasteiger partial charge is 0.137 e. The lowest BCUT2D eigenvalue weighted by Gasteiger charge is -2.37. The van der Waals surface area contributed by atoms with Gasteiger partial charge in [-0.15, -0.1) is 0 Å². The lowest BCUT2D eigenvalue weighted by molar-refractivity contribution is 0.104. The molecule has 0 radical (unpaired) electrons. The Bertz CT molecular complexity index is 775. The lowest BCUT2D eigenvalue weighted by Crippen LogP contribution is -2.27. The third-order valence-electron chi connectivity index (χ3n) is 5.21. The van der Waals surface area contributed by atoms with Gasteiger partial charge in [-0.1, -0.05) is 48.0 Å². The molecule has 2 aromatic carbocycles. The minimum Gasteiger partial charge on any atom is -0.484 e. The van der Waals surface area contributed by atoms with Gasteiger partial charge in [0.15, 0.2) is 0 Å². The highest BCUT2D eigenvalue weighted by molar-refractivity contribution is 9.10. The zero-order valence-corrected chi connectivity index (χ0v) is 15.2. The minimum absolute atomic E-state index is 0.117. The monoisotopic (exact) mass is 368 g/mol. The van der Waals surface area contributed by atoms with Crippen LogP contribution < -0.4 is 4.74 Å². The van der Waals surface area contributed by atoms with Gasteiger partial charge in [-0.25, -0.2) is 0 Å². The number of rotatable bonds is 1. The number of hydrogen-bond acceptors (Lipinski definition) is 1. The molecule has 2 aromatic rings. The zero-order valence-electron chi connectivity index (χ0n) is 13.6. The van der Waals surface area contributed by atoms with Crippen molar-refractivity contribution in [3.8, 4) is 5.75 Å². The fourth-order valence-electron chi connectivity index (χ4n) is 4.12. The van der Waals surface area contributed by atoms with Gasteiger partial charge in [-0.2, -0.15) is 0 Å². The Kier molecular flexibility index (Phi) is 3.60. The van der Waals surface area contributed by atoms with Crippen molar-refractivity contribution in [3.05, 3.63) is 75.3 Å². The van der Waals surface area contributed by atoms with E-state index in [0.29, 0.717) is 11.8 Å². The van der Waals surface area contributed by atoms with Crippen molar-refractivity contribution in [1.82, 2.24) is 0 Å². The van der Waals surface area contributed by atoms with Crippen LogP contribution >= 0.6 is 15.9 Å². The number of allylic oxidation sites excluding steroid dienone is 1. The molecule has 2 heteroatoms. The molecular formula is C21H21BrO. The summed E-state index contributed by atoms with van der Waals surface area (Å²) in [5.74, 6) is 2.04. The van der Waals surface area contributed by atoms with E-state index in [4.69, 9.17) is 4.74 Å². The topological polar surface area (TPSA) is 9.23 Å². The Morgan fingerprint density at radius 1 is 1.04 bits per heavy atom. The summed E-state index contributed by atoms with van der Waals surface area (Å²) in [5, 5.41) is 0. The summed E-state index contributed by atoms with van der Waals surface area (Å²) in [6, 6.07) is 13.2. The van der Waals surface area contributed by atoms with E-state index in [9.17, 15) is 0 Å². The number of halogens is 1. The highest BCUT2D eigenvalue weighted by atomic mass is 79.9. The summed E-state index contributed by atoms with van der Waals surface area (Å²) in [6.07, 6.45) is 2.26. The molecule has 1 heterocycles. The van der Waals surface area contributed by atoms with E-state index in [1.54, 1.807) is 0 Å². The molecule has 1 fully saturated rings. The normalized spacial score (nSPS) is 25.7.